The van der Waals surface area contributed by atoms with Gasteiger partial charge in [0.1, 0.15) is 6.61 Å². The minimum absolute atomic E-state index is 0.0399. The van der Waals surface area contributed by atoms with Crippen LogP contribution in [0.15, 0.2) is 0 Å². The Balaban J connectivity index is 1.99. The van der Waals surface area contributed by atoms with Crippen LogP contribution in [-0.2, 0) is 14.3 Å². The Labute approximate surface area is 97.1 Å². The molecule has 1 N–H and O–H groups in total. The average molecular weight is 230 g/mol. The predicted molar refractivity (Wildman–Crippen MR) is 61.4 cm³/mol. The minimum atomic E-state index is -0.0399. The summed E-state index contributed by atoms with van der Waals surface area (Å²) in [7, 11) is 0. The maximum atomic E-state index is 11.3. The Hall–Kier alpha value is -0.650. The molecule has 1 heterocycles. The van der Waals surface area contributed by atoms with E-state index in [2.05, 4.69) is 10.2 Å². The van der Waals surface area contributed by atoms with Gasteiger partial charge in [0.25, 0.3) is 0 Å². The lowest BCUT2D eigenvalue weighted by Crippen LogP contribution is -2.42. The molecule has 0 aromatic heterocycles. The standard InChI is InChI=1S/C11H22N2O3/c1-10(2)16-9-11(14)12-3-4-13-5-7-15-8-6-13/h10H,3-9H2,1-2H3,(H,12,14). The number of morpholine rings is 1. The van der Waals surface area contributed by atoms with Crippen LogP contribution in [0.4, 0.5) is 0 Å². The van der Waals surface area contributed by atoms with Crippen LogP contribution in [0, 0.1) is 0 Å². The van der Waals surface area contributed by atoms with Crippen molar-refractivity contribution in [3.05, 3.63) is 0 Å². The summed E-state index contributed by atoms with van der Waals surface area (Å²) >= 11 is 0. The van der Waals surface area contributed by atoms with Crippen LogP contribution in [-0.4, -0.2) is 62.9 Å². The Morgan fingerprint density at radius 1 is 1.44 bits per heavy atom. The van der Waals surface area contributed by atoms with Gasteiger partial charge in [-0.3, -0.25) is 9.69 Å². The molecule has 0 spiro atoms. The van der Waals surface area contributed by atoms with Crippen LogP contribution in [0.1, 0.15) is 13.8 Å². The van der Waals surface area contributed by atoms with Crippen molar-refractivity contribution in [2.45, 2.75) is 20.0 Å². The predicted octanol–water partition coefficient (Wildman–Crippen LogP) is -0.140. The molecule has 1 fully saturated rings. The first-order valence-electron chi connectivity index (χ1n) is 5.87. The number of hydrogen-bond acceptors (Lipinski definition) is 4. The average Bonchev–Trinajstić information content (AvgIpc) is 2.28. The summed E-state index contributed by atoms with van der Waals surface area (Å²) in [6, 6.07) is 0. The summed E-state index contributed by atoms with van der Waals surface area (Å²) in [5.74, 6) is -0.0399. The number of nitrogens with one attached hydrogen (secondary N) is 1. The number of rotatable bonds is 6. The van der Waals surface area contributed by atoms with Gasteiger partial charge in [0, 0.05) is 26.2 Å². The van der Waals surface area contributed by atoms with E-state index in [1.807, 2.05) is 13.8 Å². The van der Waals surface area contributed by atoms with Gasteiger partial charge in [-0.2, -0.15) is 0 Å². The second-order valence-corrected chi connectivity index (χ2v) is 4.16. The monoisotopic (exact) mass is 230 g/mol. The van der Waals surface area contributed by atoms with Gasteiger partial charge in [-0.1, -0.05) is 0 Å². The molecule has 0 aliphatic carbocycles. The van der Waals surface area contributed by atoms with Gasteiger partial charge in [-0.05, 0) is 13.8 Å². The zero-order chi connectivity index (χ0) is 11.8. The molecule has 16 heavy (non-hydrogen) atoms. The highest BCUT2D eigenvalue weighted by Crippen LogP contribution is 1.94. The molecule has 0 aromatic carbocycles. The zero-order valence-corrected chi connectivity index (χ0v) is 10.2. The van der Waals surface area contributed by atoms with E-state index in [0.29, 0.717) is 6.54 Å². The fourth-order valence-corrected chi connectivity index (χ4v) is 1.47. The van der Waals surface area contributed by atoms with E-state index in [1.54, 1.807) is 0 Å². The summed E-state index contributed by atoms with van der Waals surface area (Å²) in [6.07, 6.45) is 0.102. The van der Waals surface area contributed by atoms with Gasteiger partial charge in [-0.25, -0.2) is 0 Å². The van der Waals surface area contributed by atoms with E-state index in [4.69, 9.17) is 9.47 Å². The molecule has 1 aliphatic rings. The first-order chi connectivity index (χ1) is 7.68. The normalized spacial score (nSPS) is 17.7. The van der Waals surface area contributed by atoms with Crippen LogP contribution in [0.5, 0.6) is 0 Å². The van der Waals surface area contributed by atoms with Gasteiger partial charge >= 0.3 is 0 Å². The zero-order valence-electron chi connectivity index (χ0n) is 10.2. The van der Waals surface area contributed by atoms with E-state index < -0.39 is 0 Å². The molecule has 1 aliphatic heterocycles. The van der Waals surface area contributed by atoms with Crippen molar-refractivity contribution in [3.8, 4) is 0 Å². The summed E-state index contributed by atoms with van der Waals surface area (Å²) in [5.41, 5.74) is 0. The summed E-state index contributed by atoms with van der Waals surface area (Å²) < 4.78 is 10.4. The van der Waals surface area contributed by atoms with E-state index in [1.165, 1.54) is 0 Å². The molecule has 0 radical (unpaired) electrons. The van der Waals surface area contributed by atoms with Crippen molar-refractivity contribution in [2.75, 3.05) is 46.0 Å². The number of nitrogens with zero attached hydrogens (tertiary/aromatic N) is 1. The van der Waals surface area contributed by atoms with E-state index in [-0.39, 0.29) is 18.6 Å². The lowest BCUT2D eigenvalue weighted by atomic mass is 10.4. The first-order valence-corrected chi connectivity index (χ1v) is 5.87. The SMILES string of the molecule is CC(C)OCC(=O)NCCN1CCOCC1. The molecule has 1 amide bonds. The lowest BCUT2D eigenvalue weighted by Gasteiger charge is -2.26. The Kier molecular flexibility index (Phi) is 6.37. The highest BCUT2D eigenvalue weighted by molar-refractivity contribution is 5.77. The number of hydrogen-bond donors (Lipinski definition) is 1. The smallest absolute Gasteiger partial charge is 0.246 e. The molecule has 1 saturated heterocycles. The van der Waals surface area contributed by atoms with Crippen LogP contribution >= 0.6 is 0 Å². The third-order valence-electron chi connectivity index (χ3n) is 2.40. The topological polar surface area (TPSA) is 50.8 Å². The second kappa shape index (κ2) is 7.60. The third-order valence-corrected chi connectivity index (χ3v) is 2.40. The Morgan fingerprint density at radius 2 is 2.12 bits per heavy atom. The van der Waals surface area contributed by atoms with Crippen LogP contribution < -0.4 is 5.32 Å². The maximum absolute atomic E-state index is 11.3. The van der Waals surface area contributed by atoms with Gasteiger partial charge in [0.15, 0.2) is 0 Å². The molecule has 0 aromatic rings. The lowest BCUT2D eigenvalue weighted by molar-refractivity contribution is -0.127. The second-order valence-electron chi connectivity index (χ2n) is 4.16. The summed E-state index contributed by atoms with van der Waals surface area (Å²) in [4.78, 5) is 13.6. The van der Waals surface area contributed by atoms with Crippen molar-refractivity contribution in [3.63, 3.8) is 0 Å². The van der Waals surface area contributed by atoms with Crippen molar-refractivity contribution in [2.24, 2.45) is 0 Å². The van der Waals surface area contributed by atoms with Gasteiger partial charge in [0.2, 0.25) is 5.91 Å². The summed E-state index contributed by atoms with van der Waals surface area (Å²) in [6.45, 7) is 9.06. The molecule has 0 bridgehead atoms. The highest BCUT2D eigenvalue weighted by Gasteiger charge is 2.10. The van der Waals surface area contributed by atoms with Crippen molar-refractivity contribution < 1.29 is 14.3 Å². The fourth-order valence-electron chi connectivity index (χ4n) is 1.47. The maximum Gasteiger partial charge on any atom is 0.246 e. The van der Waals surface area contributed by atoms with Gasteiger partial charge < -0.3 is 14.8 Å². The number of ether oxygens (including phenoxy) is 2. The van der Waals surface area contributed by atoms with E-state index in [9.17, 15) is 4.79 Å². The van der Waals surface area contributed by atoms with Crippen molar-refractivity contribution in [1.82, 2.24) is 10.2 Å². The molecule has 5 nitrogen and oxygen atoms in total. The molecular formula is C11H22N2O3. The van der Waals surface area contributed by atoms with Gasteiger partial charge in [-0.15, -0.1) is 0 Å². The van der Waals surface area contributed by atoms with Gasteiger partial charge in [0.05, 0.1) is 19.3 Å². The van der Waals surface area contributed by atoms with E-state index in [0.717, 1.165) is 32.8 Å². The Morgan fingerprint density at radius 3 is 2.75 bits per heavy atom. The molecule has 1 rings (SSSR count). The van der Waals surface area contributed by atoms with Crippen LogP contribution in [0.2, 0.25) is 0 Å². The first kappa shape index (κ1) is 13.4. The van der Waals surface area contributed by atoms with E-state index >= 15 is 0 Å². The molecule has 94 valence electrons. The third kappa shape index (κ3) is 6.05. The summed E-state index contributed by atoms with van der Waals surface area (Å²) in [5, 5.41) is 2.84. The Bertz CT molecular complexity index is 203. The van der Waals surface area contributed by atoms with Crippen LogP contribution in [0.25, 0.3) is 0 Å². The minimum Gasteiger partial charge on any atom is -0.379 e. The molecule has 5 heteroatoms. The quantitative estimate of drug-likeness (QED) is 0.690. The number of amides is 1. The van der Waals surface area contributed by atoms with Crippen LogP contribution in [0.3, 0.4) is 0 Å². The highest BCUT2D eigenvalue weighted by atomic mass is 16.5. The molecule has 0 saturated carbocycles. The van der Waals surface area contributed by atoms with Crippen molar-refractivity contribution >= 4 is 5.91 Å². The number of carbonyl (C=O) groups excluding carboxylic acids is 1. The largest absolute Gasteiger partial charge is 0.379 e. The fraction of sp³-hybridized carbons (Fsp3) is 0.909. The molecule has 0 unspecified atom stereocenters. The number of carbonyl (C=O) groups is 1. The molecular weight excluding hydrogens is 208 g/mol. The van der Waals surface area contributed by atoms with Crippen molar-refractivity contribution in [1.29, 1.82) is 0 Å². The molecule has 0 atom stereocenters.